The van der Waals surface area contributed by atoms with E-state index in [0.717, 1.165) is 25.3 Å². The van der Waals surface area contributed by atoms with Crippen molar-refractivity contribution in [2.45, 2.75) is 57.8 Å². The van der Waals surface area contributed by atoms with Crippen molar-refractivity contribution in [3.8, 4) is 0 Å². The van der Waals surface area contributed by atoms with E-state index in [1.165, 1.54) is 19.5 Å². The molecule has 2 heterocycles. The predicted octanol–water partition coefficient (Wildman–Crippen LogP) is 1.61. The zero-order valence-corrected chi connectivity index (χ0v) is 10.9. The van der Waals surface area contributed by atoms with Gasteiger partial charge in [-0.3, -0.25) is 4.90 Å². The second kappa shape index (κ2) is 4.63. The van der Waals surface area contributed by atoms with Crippen LogP contribution in [0, 0.1) is 5.92 Å². The van der Waals surface area contributed by atoms with E-state index in [2.05, 4.69) is 25.7 Å². The molecule has 0 aromatic rings. The minimum atomic E-state index is 0.210. The first-order chi connectivity index (χ1) is 7.55. The minimum absolute atomic E-state index is 0.210. The number of ether oxygens (including phenoxy) is 1. The van der Waals surface area contributed by atoms with Crippen LogP contribution in [-0.4, -0.2) is 42.3 Å². The van der Waals surface area contributed by atoms with Gasteiger partial charge < -0.3 is 10.5 Å². The lowest BCUT2D eigenvalue weighted by molar-refractivity contribution is -0.0988. The third-order valence-electron chi connectivity index (χ3n) is 4.27. The molecule has 2 fully saturated rings. The Morgan fingerprint density at radius 3 is 2.31 bits per heavy atom. The van der Waals surface area contributed by atoms with Gasteiger partial charge in [0.25, 0.3) is 0 Å². The maximum Gasteiger partial charge on any atom is 0.0568 e. The van der Waals surface area contributed by atoms with Gasteiger partial charge in [-0.1, -0.05) is 6.92 Å². The van der Waals surface area contributed by atoms with E-state index in [1.807, 2.05) is 0 Å². The first-order valence-corrected chi connectivity index (χ1v) is 6.66. The summed E-state index contributed by atoms with van der Waals surface area (Å²) in [5.41, 5.74) is 6.30. The molecule has 3 atom stereocenters. The van der Waals surface area contributed by atoms with Gasteiger partial charge in [-0.15, -0.1) is 0 Å². The molecule has 2 saturated heterocycles. The van der Waals surface area contributed by atoms with Crippen LogP contribution in [0.3, 0.4) is 0 Å². The molecule has 0 aliphatic carbocycles. The molecular formula is C13H26N2O. The Bertz CT molecular complexity index is 234. The second-order valence-electron chi connectivity index (χ2n) is 5.93. The summed E-state index contributed by atoms with van der Waals surface area (Å²) in [6.45, 7) is 9.92. The van der Waals surface area contributed by atoms with Gasteiger partial charge in [-0.25, -0.2) is 0 Å². The zero-order valence-electron chi connectivity index (χ0n) is 10.9. The predicted molar refractivity (Wildman–Crippen MR) is 66.4 cm³/mol. The fourth-order valence-corrected chi connectivity index (χ4v) is 3.57. The summed E-state index contributed by atoms with van der Waals surface area (Å²) < 4.78 is 5.85. The molecule has 0 saturated carbocycles. The van der Waals surface area contributed by atoms with Crippen molar-refractivity contribution >= 4 is 0 Å². The Hall–Kier alpha value is -0.120. The molecular weight excluding hydrogens is 200 g/mol. The van der Waals surface area contributed by atoms with Crippen LogP contribution >= 0.6 is 0 Å². The molecule has 94 valence electrons. The quantitative estimate of drug-likeness (QED) is 0.777. The highest BCUT2D eigenvalue weighted by atomic mass is 16.5. The van der Waals surface area contributed by atoms with Gasteiger partial charge in [0.2, 0.25) is 0 Å². The maximum absolute atomic E-state index is 6.09. The molecule has 0 amide bonds. The molecule has 2 N–H and O–H groups in total. The van der Waals surface area contributed by atoms with Crippen LogP contribution in [-0.2, 0) is 4.74 Å². The second-order valence-corrected chi connectivity index (χ2v) is 5.93. The van der Waals surface area contributed by atoms with E-state index < -0.39 is 0 Å². The average molecular weight is 226 g/mol. The highest BCUT2D eigenvalue weighted by Gasteiger charge is 2.43. The lowest BCUT2D eigenvalue weighted by atomic mass is 9.82. The first-order valence-electron chi connectivity index (χ1n) is 6.66. The average Bonchev–Trinajstić information content (AvgIpc) is 2.63. The number of hydrogen-bond donors (Lipinski definition) is 1. The van der Waals surface area contributed by atoms with Crippen LogP contribution in [0.25, 0.3) is 0 Å². The van der Waals surface area contributed by atoms with Gasteiger partial charge in [0.1, 0.15) is 0 Å². The summed E-state index contributed by atoms with van der Waals surface area (Å²) in [5, 5.41) is 0. The first kappa shape index (κ1) is 12.3. The van der Waals surface area contributed by atoms with Gasteiger partial charge in [0.05, 0.1) is 12.2 Å². The molecule has 3 nitrogen and oxygen atoms in total. The smallest absolute Gasteiger partial charge is 0.0568 e. The minimum Gasteiger partial charge on any atom is -0.375 e. The van der Waals surface area contributed by atoms with Gasteiger partial charge in [-0.2, -0.15) is 0 Å². The van der Waals surface area contributed by atoms with Gasteiger partial charge >= 0.3 is 0 Å². The van der Waals surface area contributed by atoms with Gasteiger partial charge in [0.15, 0.2) is 0 Å². The topological polar surface area (TPSA) is 38.5 Å². The Morgan fingerprint density at radius 2 is 1.88 bits per heavy atom. The number of rotatable bonds is 2. The fraction of sp³-hybridized carbons (Fsp3) is 1.00. The molecule has 0 spiro atoms. The molecule has 0 aromatic heterocycles. The molecule has 16 heavy (non-hydrogen) atoms. The summed E-state index contributed by atoms with van der Waals surface area (Å²) in [5.74, 6) is 0.830. The lowest BCUT2D eigenvalue weighted by Gasteiger charge is -2.48. The zero-order chi connectivity index (χ0) is 11.8. The number of nitrogens with zero attached hydrogens (tertiary/aromatic N) is 1. The van der Waals surface area contributed by atoms with Gasteiger partial charge in [0, 0.05) is 18.6 Å². The van der Waals surface area contributed by atoms with Crippen LogP contribution < -0.4 is 5.73 Å². The summed E-state index contributed by atoms with van der Waals surface area (Å²) in [4.78, 5) is 2.63. The van der Waals surface area contributed by atoms with Crippen LogP contribution in [0.1, 0.15) is 40.0 Å². The molecule has 0 radical (unpaired) electrons. The van der Waals surface area contributed by atoms with Crippen molar-refractivity contribution in [1.82, 2.24) is 4.90 Å². The largest absolute Gasteiger partial charge is 0.375 e. The molecule has 0 aromatic carbocycles. The van der Waals surface area contributed by atoms with Crippen LogP contribution in [0.5, 0.6) is 0 Å². The van der Waals surface area contributed by atoms with E-state index in [-0.39, 0.29) is 5.54 Å². The van der Waals surface area contributed by atoms with E-state index >= 15 is 0 Å². The number of nitrogens with two attached hydrogens (primary N) is 1. The number of likely N-dealkylation sites (tertiary alicyclic amines) is 1. The molecule has 0 bridgehead atoms. The fourth-order valence-electron chi connectivity index (χ4n) is 3.57. The molecule has 2 aliphatic rings. The SMILES string of the molecule is CC1CCN(C2(CN)CC(C)OC(C)C2)C1. The maximum atomic E-state index is 6.09. The van der Waals surface area contributed by atoms with Crippen molar-refractivity contribution in [2.75, 3.05) is 19.6 Å². The van der Waals surface area contributed by atoms with Crippen molar-refractivity contribution in [3.63, 3.8) is 0 Å². The molecule has 2 aliphatic heterocycles. The van der Waals surface area contributed by atoms with Crippen molar-refractivity contribution in [1.29, 1.82) is 0 Å². The van der Waals surface area contributed by atoms with Crippen molar-refractivity contribution < 1.29 is 4.74 Å². The van der Waals surface area contributed by atoms with Crippen LogP contribution in [0.15, 0.2) is 0 Å². The van der Waals surface area contributed by atoms with E-state index in [4.69, 9.17) is 10.5 Å². The normalized spacial score (nSPS) is 46.1. The van der Waals surface area contributed by atoms with Crippen molar-refractivity contribution in [3.05, 3.63) is 0 Å². The summed E-state index contributed by atoms with van der Waals surface area (Å²) in [6, 6.07) is 0. The van der Waals surface area contributed by atoms with E-state index in [1.54, 1.807) is 0 Å². The highest BCUT2D eigenvalue weighted by molar-refractivity contribution is 4.99. The third kappa shape index (κ3) is 2.27. The van der Waals surface area contributed by atoms with Crippen molar-refractivity contribution in [2.24, 2.45) is 11.7 Å². The van der Waals surface area contributed by atoms with Gasteiger partial charge in [-0.05, 0) is 45.6 Å². The Kier molecular flexibility index (Phi) is 3.57. The molecule has 3 unspecified atom stereocenters. The van der Waals surface area contributed by atoms with Crippen LogP contribution in [0.4, 0.5) is 0 Å². The Labute approximate surface area is 99.3 Å². The Morgan fingerprint density at radius 1 is 1.25 bits per heavy atom. The van der Waals surface area contributed by atoms with Crippen LogP contribution in [0.2, 0.25) is 0 Å². The summed E-state index contributed by atoms with van der Waals surface area (Å²) in [7, 11) is 0. The monoisotopic (exact) mass is 226 g/mol. The number of hydrogen-bond acceptors (Lipinski definition) is 3. The molecule has 3 heteroatoms. The highest BCUT2D eigenvalue weighted by Crippen LogP contribution is 2.36. The van der Waals surface area contributed by atoms with E-state index in [0.29, 0.717) is 12.2 Å². The Balaban J connectivity index is 2.11. The summed E-state index contributed by atoms with van der Waals surface area (Å²) in [6.07, 6.45) is 4.22. The standard InChI is InChI=1S/C13H26N2O/c1-10-4-5-15(8-10)13(9-14)6-11(2)16-12(3)7-13/h10-12H,4-9,14H2,1-3H3. The molecule has 2 rings (SSSR count). The summed E-state index contributed by atoms with van der Waals surface area (Å²) >= 11 is 0. The third-order valence-corrected chi connectivity index (χ3v) is 4.27. The van der Waals surface area contributed by atoms with E-state index in [9.17, 15) is 0 Å². The lowest BCUT2D eigenvalue weighted by Crippen LogP contribution is -2.59.